The molecule has 0 aliphatic heterocycles. The summed E-state index contributed by atoms with van der Waals surface area (Å²) in [5.41, 5.74) is 0.852. The number of benzene rings is 3. The number of nitro benzene ring substituents is 1. The summed E-state index contributed by atoms with van der Waals surface area (Å²) in [6.07, 6.45) is 1.20. The molecule has 0 heterocycles. The molecule has 0 bridgehead atoms. The summed E-state index contributed by atoms with van der Waals surface area (Å²) in [5.74, 6) is -1.23. The summed E-state index contributed by atoms with van der Waals surface area (Å²) in [5, 5.41) is 36.0. The van der Waals surface area contributed by atoms with Gasteiger partial charge < -0.3 is 10.2 Å². The quantitative estimate of drug-likeness (QED) is 0.200. The van der Waals surface area contributed by atoms with Gasteiger partial charge in [-0.1, -0.05) is 60.7 Å². The zero-order valence-electron chi connectivity index (χ0n) is 15.4. The molecule has 30 heavy (non-hydrogen) atoms. The lowest BCUT2D eigenvalue weighted by Crippen LogP contribution is -2.43. The van der Waals surface area contributed by atoms with Crippen LogP contribution in [0.4, 0.5) is 5.69 Å². The van der Waals surface area contributed by atoms with Crippen LogP contribution < -0.4 is 5.43 Å². The second-order valence-corrected chi connectivity index (χ2v) is 7.43. The van der Waals surface area contributed by atoms with Gasteiger partial charge in [0.15, 0.2) is 5.60 Å². The molecule has 0 fully saturated rings. The van der Waals surface area contributed by atoms with E-state index in [0.29, 0.717) is 16.7 Å². The van der Waals surface area contributed by atoms with E-state index >= 15 is 0 Å². The summed E-state index contributed by atoms with van der Waals surface area (Å²) >= 11 is 1.76. The van der Waals surface area contributed by atoms with Crippen LogP contribution in [-0.2, 0) is 10.4 Å². The highest BCUT2D eigenvalue weighted by atomic mass is 127. The molecule has 0 aliphatic rings. The van der Waals surface area contributed by atoms with E-state index in [1.165, 1.54) is 12.3 Å². The maximum Gasteiger partial charge on any atom is 0.312 e. The number of hydrogen-bond donors (Lipinski definition) is 3. The van der Waals surface area contributed by atoms with E-state index < -0.39 is 27.9 Å². The number of aromatic hydroxyl groups is 1. The van der Waals surface area contributed by atoms with Crippen LogP contribution in [-0.4, -0.2) is 27.3 Å². The minimum atomic E-state index is -1.99. The Kier molecular flexibility index (Phi) is 6.43. The van der Waals surface area contributed by atoms with Crippen molar-refractivity contribution in [2.75, 3.05) is 0 Å². The minimum absolute atomic E-state index is 0.264. The van der Waals surface area contributed by atoms with Crippen LogP contribution >= 0.6 is 22.6 Å². The standard InChI is InChI=1S/C21H16IN3O5/c22-17-11-14(12-18(19(17)26)25(29)30)13-23-24-20(27)21(28,15-7-3-1-4-8-15)16-9-5-2-6-10-16/h1-13,26,28H,(H,24,27)/b23-13-. The Morgan fingerprint density at radius 2 is 1.60 bits per heavy atom. The van der Waals surface area contributed by atoms with Crippen molar-refractivity contribution in [2.45, 2.75) is 5.60 Å². The van der Waals surface area contributed by atoms with E-state index in [4.69, 9.17) is 0 Å². The van der Waals surface area contributed by atoms with Gasteiger partial charge in [-0.25, -0.2) is 5.43 Å². The molecule has 3 aromatic carbocycles. The molecule has 0 aromatic heterocycles. The summed E-state index contributed by atoms with van der Waals surface area (Å²) in [6, 6.07) is 19.5. The molecule has 3 rings (SSSR count). The first kappa shape index (κ1) is 21.4. The number of carbonyl (C=O) groups excluding carboxylic acids is 1. The number of amides is 1. The van der Waals surface area contributed by atoms with Gasteiger partial charge in [0.05, 0.1) is 14.7 Å². The summed E-state index contributed by atoms with van der Waals surface area (Å²) in [6.45, 7) is 0. The van der Waals surface area contributed by atoms with E-state index in [0.717, 1.165) is 6.07 Å². The number of aliphatic hydroxyl groups is 1. The van der Waals surface area contributed by atoms with Crippen molar-refractivity contribution in [1.29, 1.82) is 0 Å². The van der Waals surface area contributed by atoms with Crippen LogP contribution in [0.15, 0.2) is 77.9 Å². The number of rotatable bonds is 6. The normalized spacial score (nSPS) is 11.4. The second kappa shape index (κ2) is 9.01. The maximum absolute atomic E-state index is 12.9. The second-order valence-electron chi connectivity index (χ2n) is 6.27. The maximum atomic E-state index is 12.9. The zero-order chi connectivity index (χ0) is 21.7. The number of nitrogens with zero attached hydrogens (tertiary/aromatic N) is 2. The summed E-state index contributed by atoms with van der Waals surface area (Å²) in [4.78, 5) is 23.3. The number of hydrogen-bond acceptors (Lipinski definition) is 6. The number of phenolic OH excluding ortho intramolecular Hbond substituents is 1. The smallest absolute Gasteiger partial charge is 0.312 e. The van der Waals surface area contributed by atoms with Crippen LogP contribution in [0.2, 0.25) is 0 Å². The molecule has 152 valence electrons. The molecule has 8 nitrogen and oxygen atoms in total. The third-order valence-corrected chi connectivity index (χ3v) is 5.18. The predicted molar refractivity (Wildman–Crippen MR) is 119 cm³/mol. The van der Waals surface area contributed by atoms with Crippen LogP contribution in [0.3, 0.4) is 0 Å². The predicted octanol–water partition coefficient (Wildman–Crippen LogP) is 3.29. The molecular weight excluding hydrogens is 501 g/mol. The fraction of sp³-hybridized carbons (Fsp3) is 0.0476. The molecule has 0 spiro atoms. The first-order valence-electron chi connectivity index (χ1n) is 8.68. The zero-order valence-corrected chi connectivity index (χ0v) is 17.6. The van der Waals surface area contributed by atoms with Gasteiger partial charge in [-0.2, -0.15) is 5.10 Å². The molecule has 0 saturated heterocycles. The summed E-state index contributed by atoms with van der Waals surface area (Å²) in [7, 11) is 0. The lowest BCUT2D eigenvalue weighted by molar-refractivity contribution is -0.386. The molecule has 0 saturated carbocycles. The van der Waals surface area contributed by atoms with Gasteiger partial charge in [-0.15, -0.1) is 0 Å². The molecule has 0 unspecified atom stereocenters. The van der Waals surface area contributed by atoms with Gasteiger partial charge in [0.25, 0.3) is 5.91 Å². The largest absolute Gasteiger partial charge is 0.501 e. The van der Waals surface area contributed by atoms with E-state index in [1.807, 2.05) is 0 Å². The van der Waals surface area contributed by atoms with Gasteiger partial charge in [0.2, 0.25) is 5.75 Å². The molecule has 0 atom stereocenters. The Bertz CT molecular complexity index is 1060. The third-order valence-electron chi connectivity index (χ3n) is 4.35. The first-order valence-corrected chi connectivity index (χ1v) is 9.75. The van der Waals surface area contributed by atoms with E-state index in [1.54, 1.807) is 83.3 Å². The number of carbonyl (C=O) groups is 1. The van der Waals surface area contributed by atoms with Gasteiger partial charge in [-0.05, 0) is 39.8 Å². The SMILES string of the molecule is O=C(N/N=C\c1cc(I)c(O)c([N+](=O)[O-])c1)C(O)(c1ccccc1)c1ccccc1. The molecule has 1 amide bonds. The van der Waals surface area contributed by atoms with E-state index in [2.05, 4.69) is 10.5 Å². The lowest BCUT2D eigenvalue weighted by Gasteiger charge is -2.27. The van der Waals surface area contributed by atoms with Crippen LogP contribution in [0.25, 0.3) is 0 Å². The van der Waals surface area contributed by atoms with Crippen molar-refractivity contribution in [3.8, 4) is 5.75 Å². The lowest BCUT2D eigenvalue weighted by atomic mass is 9.85. The van der Waals surface area contributed by atoms with Crippen molar-refractivity contribution in [3.63, 3.8) is 0 Å². The van der Waals surface area contributed by atoms with E-state index in [-0.39, 0.29) is 3.57 Å². The fourth-order valence-corrected chi connectivity index (χ4v) is 3.49. The molecule has 3 aromatic rings. The Labute approximate surface area is 185 Å². The average Bonchev–Trinajstić information content (AvgIpc) is 2.76. The van der Waals surface area contributed by atoms with Crippen LogP contribution in [0.1, 0.15) is 16.7 Å². The minimum Gasteiger partial charge on any atom is -0.501 e. The van der Waals surface area contributed by atoms with Crippen molar-refractivity contribution >= 4 is 40.4 Å². The highest BCUT2D eigenvalue weighted by Gasteiger charge is 2.39. The van der Waals surface area contributed by atoms with E-state index in [9.17, 15) is 25.1 Å². The Balaban J connectivity index is 1.90. The molecule has 9 heteroatoms. The van der Waals surface area contributed by atoms with Gasteiger partial charge in [0.1, 0.15) is 0 Å². The molecule has 0 radical (unpaired) electrons. The number of nitro groups is 1. The molecule has 3 N–H and O–H groups in total. The summed E-state index contributed by atoms with van der Waals surface area (Å²) < 4.78 is 0.264. The average molecular weight is 517 g/mol. The van der Waals surface area contributed by atoms with Crippen molar-refractivity contribution < 1.29 is 19.9 Å². The Morgan fingerprint density at radius 3 is 2.10 bits per heavy atom. The number of phenols is 1. The number of halogens is 1. The first-order chi connectivity index (χ1) is 14.3. The van der Waals surface area contributed by atoms with Gasteiger partial charge in [0, 0.05) is 11.6 Å². The number of nitrogens with one attached hydrogen (secondary N) is 1. The topological polar surface area (TPSA) is 125 Å². The van der Waals surface area contributed by atoms with Crippen LogP contribution in [0.5, 0.6) is 5.75 Å². The highest BCUT2D eigenvalue weighted by Crippen LogP contribution is 2.32. The Morgan fingerprint density at radius 1 is 1.07 bits per heavy atom. The van der Waals surface area contributed by atoms with Gasteiger partial charge >= 0.3 is 5.69 Å². The van der Waals surface area contributed by atoms with Crippen LogP contribution in [0, 0.1) is 13.7 Å². The van der Waals surface area contributed by atoms with Crippen molar-refractivity contribution in [3.05, 3.63) is 103 Å². The molecule has 0 aliphatic carbocycles. The third kappa shape index (κ3) is 4.31. The Hall–Kier alpha value is -3.31. The van der Waals surface area contributed by atoms with Gasteiger partial charge in [-0.3, -0.25) is 14.9 Å². The van der Waals surface area contributed by atoms with Crippen molar-refractivity contribution in [1.82, 2.24) is 5.43 Å². The highest BCUT2D eigenvalue weighted by molar-refractivity contribution is 14.1. The molecular formula is C21H16IN3O5. The fourth-order valence-electron chi connectivity index (χ4n) is 2.85. The number of hydrazone groups is 1. The van der Waals surface area contributed by atoms with Crippen molar-refractivity contribution in [2.24, 2.45) is 5.10 Å². The monoisotopic (exact) mass is 517 g/mol.